The Morgan fingerprint density at radius 2 is 1.71 bits per heavy atom. The van der Waals surface area contributed by atoms with E-state index in [-0.39, 0.29) is 11.8 Å². The van der Waals surface area contributed by atoms with Crippen LogP contribution in [0.25, 0.3) is 0 Å². The second-order valence-corrected chi connectivity index (χ2v) is 5.33. The normalized spacial score (nSPS) is 13.2. The Morgan fingerprint density at radius 1 is 1.18 bits per heavy atom. The molecule has 0 bridgehead atoms. The van der Waals surface area contributed by atoms with Crippen LogP contribution in [-0.4, -0.2) is 29.9 Å². The molecular formula is C14H30N2O. The van der Waals surface area contributed by atoms with Gasteiger partial charge in [0.05, 0.1) is 0 Å². The van der Waals surface area contributed by atoms with Gasteiger partial charge in [-0.15, -0.1) is 0 Å². The van der Waals surface area contributed by atoms with Crippen molar-refractivity contribution < 1.29 is 4.79 Å². The van der Waals surface area contributed by atoms with Crippen LogP contribution < -0.4 is 5.73 Å². The number of rotatable bonds is 8. The standard InChI is InChI=1S/C14H30N2O/c1-6-13(7-2)16(10-11(3)4)14(17)12(5)8-9-15/h11-13H,6-10,15H2,1-5H3. The van der Waals surface area contributed by atoms with Gasteiger partial charge in [0.15, 0.2) is 0 Å². The second kappa shape index (κ2) is 8.51. The molecule has 0 aromatic carbocycles. The van der Waals surface area contributed by atoms with Gasteiger partial charge in [-0.1, -0.05) is 34.6 Å². The molecule has 1 atom stereocenters. The molecule has 0 heterocycles. The average molecular weight is 242 g/mol. The summed E-state index contributed by atoms with van der Waals surface area (Å²) in [7, 11) is 0. The Kier molecular flexibility index (Phi) is 8.23. The number of nitrogens with zero attached hydrogens (tertiary/aromatic N) is 1. The van der Waals surface area contributed by atoms with E-state index in [0.717, 1.165) is 25.8 Å². The molecule has 0 aliphatic heterocycles. The maximum atomic E-state index is 12.4. The summed E-state index contributed by atoms with van der Waals surface area (Å²) in [6.45, 7) is 12.1. The lowest BCUT2D eigenvalue weighted by atomic mass is 10.0. The predicted octanol–water partition coefficient (Wildman–Crippen LogP) is 2.64. The van der Waals surface area contributed by atoms with E-state index in [0.29, 0.717) is 18.5 Å². The van der Waals surface area contributed by atoms with E-state index in [9.17, 15) is 4.79 Å². The third kappa shape index (κ3) is 5.53. The molecule has 0 aromatic heterocycles. The fourth-order valence-electron chi connectivity index (χ4n) is 2.20. The first-order valence-corrected chi connectivity index (χ1v) is 6.98. The third-order valence-electron chi connectivity index (χ3n) is 3.25. The van der Waals surface area contributed by atoms with Crippen LogP contribution in [0.2, 0.25) is 0 Å². The molecular weight excluding hydrogens is 212 g/mol. The number of carbonyl (C=O) groups excluding carboxylic acids is 1. The van der Waals surface area contributed by atoms with Crippen molar-refractivity contribution in [3.8, 4) is 0 Å². The molecule has 0 spiro atoms. The minimum absolute atomic E-state index is 0.0550. The molecule has 1 unspecified atom stereocenters. The second-order valence-electron chi connectivity index (χ2n) is 5.33. The number of carbonyl (C=O) groups is 1. The molecule has 0 radical (unpaired) electrons. The fraction of sp³-hybridized carbons (Fsp3) is 0.929. The van der Waals surface area contributed by atoms with Crippen molar-refractivity contribution in [2.24, 2.45) is 17.6 Å². The molecule has 17 heavy (non-hydrogen) atoms. The van der Waals surface area contributed by atoms with Crippen LogP contribution in [0.5, 0.6) is 0 Å². The highest BCUT2D eigenvalue weighted by molar-refractivity contribution is 5.78. The van der Waals surface area contributed by atoms with Gasteiger partial charge in [0.2, 0.25) is 5.91 Å². The minimum Gasteiger partial charge on any atom is -0.339 e. The summed E-state index contributed by atoms with van der Waals surface area (Å²) in [5.74, 6) is 0.849. The quantitative estimate of drug-likeness (QED) is 0.711. The Labute approximate surface area is 107 Å². The number of amides is 1. The van der Waals surface area contributed by atoms with Crippen LogP contribution in [0.3, 0.4) is 0 Å². The molecule has 0 aromatic rings. The highest BCUT2D eigenvalue weighted by Gasteiger charge is 2.25. The summed E-state index contributed by atoms with van der Waals surface area (Å²) >= 11 is 0. The largest absolute Gasteiger partial charge is 0.339 e. The van der Waals surface area contributed by atoms with Crippen LogP contribution in [0.4, 0.5) is 0 Å². The molecule has 0 saturated heterocycles. The summed E-state index contributed by atoms with van der Waals surface area (Å²) in [5, 5.41) is 0. The zero-order valence-corrected chi connectivity index (χ0v) is 12.2. The number of hydrogen-bond donors (Lipinski definition) is 1. The Balaban J connectivity index is 4.71. The molecule has 0 saturated carbocycles. The van der Waals surface area contributed by atoms with Gasteiger partial charge in [-0.2, -0.15) is 0 Å². The van der Waals surface area contributed by atoms with Crippen molar-refractivity contribution in [2.75, 3.05) is 13.1 Å². The number of hydrogen-bond acceptors (Lipinski definition) is 2. The smallest absolute Gasteiger partial charge is 0.225 e. The summed E-state index contributed by atoms with van der Waals surface area (Å²) in [6.07, 6.45) is 2.85. The first kappa shape index (κ1) is 16.4. The molecule has 1 amide bonds. The molecule has 0 aliphatic carbocycles. The average Bonchev–Trinajstić information content (AvgIpc) is 2.28. The summed E-state index contributed by atoms with van der Waals surface area (Å²) < 4.78 is 0. The Hall–Kier alpha value is -0.570. The number of nitrogens with two attached hydrogens (primary N) is 1. The molecule has 0 aliphatic rings. The summed E-state index contributed by atoms with van der Waals surface area (Å²) in [6, 6.07) is 0.380. The first-order valence-electron chi connectivity index (χ1n) is 6.98. The predicted molar refractivity (Wildman–Crippen MR) is 73.8 cm³/mol. The lowest BCUT2D eigenvalue weighted by Gasteiger charge is -2.34. The molecule has 2 N–H and O–H groups in total. The van der Waals surface area contributed by atoms with E-state index in [1.165, 1.54) is 0 Å². The molecule has 102 valence electrons. The lowest BCUT2D eigenvalue weighted by Crippen LogP contribution is -2.44. The van der Waals surface area contributed by atoms with E-state index in [1.807, 2.05) is 6.92 Å². The summed E-state index contributed by atoms with van der Waals surface area (Å²) in [5.41, 5.74) is 5.54. The Morgan fingerprint density at radius 3 is 2.06 bits per heavy atom. The minimum atomic E-state index is 0.0550. The summed E-state index contributed by atoms with van der Waals surface area (Å²) in [4.78, 5) is 14.5. The van der Waals surface area contributed by atoms with Gasteiger partial charge >= 0.3 is 0 Å². The van der Waals surface area contributed by atoms with E-state index < -0.39 is 0 Å². The van der Waals surface area contributed by atoms with Crippen LogP contribution in [0.15, 0.2) is 0 Å². The van der Waals surface area contributed by atoms with Gasteiger partial charge in [-0.3, -0.25) is 4.79 Å². The molecule has 3 nitrogen and oxygen atoms in total. The molecule has 0 fully saturated rings. The van der Waals surface area contributed by atoms with Gasteiger partial charge in [-0.25, -0.2) is 0 Å². The zero-order valence-electron chi connectivity index (χ0n) is 12.2. The maximum absolute atomic E-state index is 12.4. The lowest BCUT2D eigenvalue weighted by molar-refractivity contribution is -0.138. The van der Waals surface area contributed by atoms with E-state index in [1.54, 1.807) is 0 Å². The van der Waals surface area contributed by atoms with Gasteiger partial charge < -0.3 is 10.6 Å². The topological polar surface area (TPSA) is 46.3 Å². The van der Waals surface area contributed by atoms with Crippen molar-refractivity contribution in [2.45, 2.75) is 59.9 Å². The van der Waals surface area contributed by atoms with Gasteiger partial charge in [0, 0.05) is 18.5 Å². The van der Waals surface area contributed by atoms with E-state index in [2.05, 4.69) is 32.6 Å². The van der Waals surface area contributed by atoms with E-state index >= 15 is 0 Å². The van der Waals surface area contributed by atoms with Gasteiger partial charge in [0.25, 0.3) is 0 Å². The SMILES string of the molecule is CCC(CC)N(CC(C)C)C(=O)C(C)CCN. The Bertz CT molecular complexity index is 212. The van der Waals surface area contributed by atoms with Crippen molar-refractivity contribution in [3.05, 3.63) is 0 Å². The third-order valence-corrected chi connectivity index (χ3v) is 3.25. The molecule has 3 heteroatoms. The molecule has 0 rings (SSSR count). The fourth-order valence-corrected chi connectivity index (χ4v) is 2.20. The van der Waals surface area contributed by atoms with Crippen LogP contribution in [-0.2, 0) is 4.79 Å². The van der Waals surface area contributed by atoms with Crippen molar-refractivity contribution >= 4 is 5.91 Å². The zero-order chi connectivity index (χ0) is 13.4. The van der Waals surface area contributed by atoms with Crippen molar-refractivity contribution in [1.82, 2.24) is 4.90 Å². The van der Waals surface area contributed by atoms with E-state index in [4.69, 9.17) is 5.73 Å². The van der Waals surface area contributed by atoms with Crippen LogP contribution in [0.1, 0.15) is 53.9 Å². The van der Waals surface area contributed by atoms with Gasteiger partial charge in [-0.05, 0) is 31.7 Å². The highest BCUT2D eigenvalue weighted by atomic mass is 16.2. The first-order chi connectivity index (χ1) is 7.97. The maximum Gasteiger partial charge on any atom is 0.225 e. The highest BCUT2D eigenvalue weighted by Crippen LogP contribution is 2.16. The van der Waals surface area contributed by atoms with Crippen LogP contribution in [0, 0.1) is 11.8 Å². The van der Waals surface area contributed by atoms with Crippen molar-refractivity contribution in [3.63, 3.8) is 0 Å². The van der Waals surface area contributed by atoms with Crippen LogP contribution >= 0.6 is 0 Å². The van der Waals surface area contributed by atoms with Crippen molar-refractivity contribution in [1.29, 1.82) is 0 Å². The monoisotopic (exact) mass is 242 g/mol. The van der Waals surface area contributed by atoms with Gasteiger partial charge in [0.1, 0.15) is 0 Å².